The standard InChI is InChI=1S/C23H25ClN8O2/c1-30(2)11-12-31(3)23(33)16-7-9-25-22(20(16)24)34-15-5-6-18-17(13-15)21(27-14-26-18)28-19-8-10-32(4)29-19/h5-10,13-14H,11-12H2,1-4H3,(H,26,27,28,29). The fourth-order valence-electron chi connectivity index (χ4n) is 3.23. The Morgan fingerprint density at radius 2 is 1.94 bits per heavy atom. The van der Waals surface area contributed by atoms with Crippen LogP contribution in [0.25, 0.3) is 10.9 Å². The van der Waals surface area contributed by atoms with Crippen LogP contribution in [0.3, 0.4) is 0 Å². The van der Waals surface area contributed by atoms with Crippen molar-refractivity contribution in [2.45, 2.75) is 0 Å². The predicted molar refractivity (Wildman–Crippen MR) is 131 cm³/mol. The highest BCUT2D eigenvalue weighted by molar-refractivity contribution is 6.35. The summed E-state index contributed by atoms with van der Waals surface area (Å²) in [5.74, 6) is 1.66. The molecule has 0 saturated heterocycles. The molecule has 0 radical (unpaired) electrons. The highest BCUT2D eigenvalue weighted by Gasteiger charge is 2.19. The van der Waals surface area contributed by atoms with Gasteiger partial charge in [0.05, 0.1) is 11.1 Å². The molecule has 1 aromatic carbocycles. The minimum atomic E-state index is -0.201. The number of carbonyl (C=O) groups is 1. The summed E-state index contributed by atoms with van der Waals surface area (Å²) in [4.78, 5) is 29.4. The summed E-state index contributed by atoms with van der Waals surface area (Å²) in [6.45, 7) is 1.31. The van der Waals surface area contributed by atoms with Crippen molar-refractivity contribution >= 4 is 40.0 Å². The number of aromatic nitrogens is 5. The van der Waals surface area contributed by atoms with Crippen LogP contribution in [0.1, 0.15) is 10.4 Å². The number of fused-ring (bicyclic) bond motifs is 1. The van der Waals surface area contributed by atoms with Crippen LogP contribution in [0.4, 0.5) is 11.6 Å². The van der Waals surface area contributed by atoms with E-state index in [9.17, 15) is 4.79 Å². The zero-order valence-corrected chi connectivity index (χ0v) is 20.1. The molecule has 0 aliphatic rings. The van der Waals surface area contributed by atoms with Crippen molar-refractivity contribution in [3.63, 3.8) is 0 Å². The fraction of sp³-hybridized carbons (Fsp3) is 0.261. The summed E-state index contributed by atoms with van der Waals surface area (Å²) >= 11 is 6.53. The second-order valence-electron chi connectivity index (χ2n) is 8.01. The van der Waals surface area contributed by atoms with E-state index in [1.165, 1.54) is 12.5 Å². The zero-order valence-electron chi connectivity index (χ0n) is 19.4. The van der Waals surface area contributed by atoms with Crippen LogP contribution in [0, 0.1) is 0 Å². The summed E-state index contributed by atoms with van der Waals surface area (Å²) in [5.41, 5.74) is 1.06. The van der Waals surface area contributed by atoms with Gasteiger partial charge in [-0.15, -0.1) is 0 Å². The van der Waals surface area contributed by atoms with E-state index in [0.29, 0.717) is 29.5 Å². The minimum Gasteiger partial charge on any atom is -0.437 e. The molecule has 1 amide bonds. The molecule has 34 heavy (non-hydrogen) atoms. The second-order valence-corrected chi connectivity index (χ2v) is 8.39. The van der Waals surface area contributed by atoms with E-state index in [2.05, 4.69) is 25.4 Å². The first-order valence-corrected chi connectivity index (χ1v) is 10.9. The number of halogens is 1. The molecule has 0 atom stereocenters. The molecule has 4 rings (SSSR count). The number of pyridine rings is 1. The van der Waals surface area contributed by atoms with Crippen molar-refractivity contribution in [1.29, 1.82) is 0 Å². The number of anilines is 2. The highest BCUT2D eigenvalue weighted by atomic mass is 35.5. The van der Waals surface area contributed by atoms with Crippen LogP contribution in [-0.2, 0) is 7.05 Å². The third kappa shape index (κ3) is 5.24. The van der Waals surface area contributed by atoms with E-state index in [1.807, 2.05) is 44.4 Å². The summed E-state index contributed by atoms with van der Waals surface area (Å²) in [5, 5.41) is 8.41. The van der Waals surface area contributed by atoms with E-state index in [4.69, 9.17) is 16.3 Å². The Balaban J connectivity index is 1.59. The molecule has 0 spiro atoms. The number of nitrogens with one attached hydrogen (secondary N) is 1. The maximum atomic E-state index is 12.9. The van der Waals surface area contributed by atoms with Gasteiger partial charge in [-0.1, -0.05) is 11.6 Å². The lowest BCUT2D eigenvalue weighted by Gasteiger charge is -2.20. The Labute approximate surface area is 202 Å². The molecular formula is C23H25ClN8O2. The van der Waals surface area contributed by atoms with E-state index >= 15 is 0 Å². The normalized spacial score (nSPS) is 11.1. The van der Waals surface area contributed by atoms with Crippen molar-refractivity contribution < 1.29 is 9.53 Å². The third-order valence-corrected chi connectivity index (χ3v) is 5.46. The quantitative estimate of drug-likeness (QED) is 0.408. The average molecular weight is 481 g/mol. The van der Waals surface area contributed by atoms with Gasteiger partial charge in [0.2, 0.25) is 5.88 Å². The number of likely N-dealkylation sites (N-methyl/N-ethyl adjacent to an activating group) is 2. The van der Waals surface area contributed by atoms with Crippen LogP contribution in [0.5, 0.6) is 11.6 Å². The first-order valence-electron chi connectivity index (χ1n) is 10.6. The van der Waals surface area contributed by atoms with Crippen LogP contribution in [0.15, 0.2) is 49.1 Å². The second kappa shape index (κ2) is 10.0. The summed E-state index contributed by atoms with van der Waals surface area (Å²) in [6.07, 6.45) is 4.82. The summed E-state index contributed by atoms with van der Waals surface area (Å²) < 4.78 is 7.66. The van der Waals surface area contributed by atoms with Gasteiger partial charge >= 0.3 is 0 Å². The minimum absolute atomic E-state index is 0.143. The number of nitrogens with zero attached hydrogens (tertiary/aromatic N) is 7. The Morgan fingerprint density at radius 3 is 2.68 bits per heavy atom. The predicted octanol–water partition coefficient (Wildman–Crippen LogP) is 3.58. The maximum Gasteiger partial charge on any atom is 0.255 e. The van der Waals surface area contributed by atoms with Crippen LogP contribution in [0.2, 0.25) is 5.02 Å². The van der Waals surface area contributed by atoms with E-state index < -0.39 is 0 Å². The van der Waals surface area contributed by atoms with E-state index in [0.717, 1.165) is 17.4 Å². The van der Waals surface area contributed by atoms with Gasteiger partial charge in [-0.05, 0) is 38.4 Å². The molecule has 0 fully saturated rings. The fourth-order valence-corrected chi connectivity index (χ4v) is 3.46. The average Bonchev–Trinajstić information content (AvgIpc) is 3.23. The number of carbonyl (C=O) groups excluding carboxylic acids is 1. The zero-order chi connectivity index (χ0) is 24.2. The molecule has 3 heterocycles. The van der Waals surface area contributed by atoms with Crippen molar-refractivity contribution in [2.75, 3.05) is 39.5 Å². The van der Waals surface area contributed by atoms with Crippen LogP contribution < -0.4 is 10.1 Å². The molecule has 11 heteroatoms. The van der Waals surface area contributed by atoms with Crippen LogP contribution >= 0.6 is 11.6 Å². The lowest BCUT2D eigenvalue weighted by Crippen LogP contribution is -2.33. The number of benzene rings is 1. The first-order chi connectivity index (χ1) is 16.3. The molecule has 1 N–H and O–H groups in total. The molecule has 4 aromatic rings. The van der Waals surface area contributed by atoms with Gasteiger partial charge in [0.15, 0.2) is 5.82 Å². The van der Waals surface area contributed by atoms with E-state index in [1.54, 1.807) is 34.8 Å². The summed E-state index contributed by atoms with van der Waals surface area (Å²) in [6, 6.07) is 8.79. The number of hydrogen-bond acceptors (Lipinski definition) is 8. The molecule has 3 aromatic heterocycles. The Bertz CT molecular complexity index is 1320. The van der Waals surface area contributed by atoms with Crippen molar-refractivity contribution in [2.24, 2.45) is 7.05 Å². The topological polar surface area (TPSA) is 101 Å². The van der Waals surface area contributed by atoms with Gasteiger partial charge in [-0.25, -0.2) is 15.0 Å². The first kappa shape index (κ1) is 23.4. The number of rotatable bonds is 8. The summed E-state index contributed by atoms with van der Waals surface area (Å²) in [7, 11) is 7.48. The lowest BCUT2D eigenvalue weighted by molar-refractivity contribution is 0.0786. The number of aryl methyl sites for hydroxylation is 1. The number of amides is 1. The smallest absolute Gasteiger partial charge is 0.255 e. The molecule has 0 aliphatic carbocycles. The van der Waals surface area contributed by atoms with E-state index in [-0.39, 0.29) is 16.8 Å². The molecule has 176 valence electrons. The molecule has 0 bridgehead atoms. The molecule has 10 nitrogen and oxygen atoms in total. The third-order valence-electron chi connectivity index (χ3n) is 5.10. The van der Waals surface area contributed by atoms with Gasteiger partial charge in [-0.3, -0.25) is 9.48 Å². The van der Waals surface area contributed by atoms with Crippen molar-refractivity contribution in [3.05, 3.63) is 59.6 Å². The monoisotopic (exact) mass is 480 g/mol. The maximum absolute atomic E-state index is 12.9. The molecule has 0 aliphatic heterocycles. The van der Waals surface area contributed by atoms with Gasteiger partial charge in [0, 0.05) is 51.0 Å². The Morgan fingerprint density at radius 1 is 1.12 bits per heavy atom. The number of ether oxygens (including phenoxy) is 1. The highest BCUT2D eigenvalue weighted by Crippen LogP contribution is 2.33. The molecule has 0 unspecified atom stereocenters. The van der Waals surface area contributed by atoms with Gasteiger partial charge < -0.3 is 19.9 Å². The molecular weight excluding hydrogens is 456 g/mol. The molecule has 0 saturated carbocycles. The van der Waals surface area contributed by atoms with Gasteiger partial charge in [0.1, 0.15) is 22.9 Å². The number of hydrogen-bond donors (Lipinski definition) is 1. The van der Waals surface area contributed by atoms with Crippen LogP contribution in [-0.4, -0.2) is 74.7 Å². The Hall–Kier alpha value is -3.76. The van der Waals surface area contributed by atoms with Gasteiger partial charge in [0.25, 0.3) is 5.91 Å². The van der Waals surface area contributed by atoms with Crippen molar-refractivity contribution in [3.8, 4) is 11.6 Å². The lowest BCUT2D eigenvalue weighted by atomic mass is 10.2. The SMILES string of the molecule is CN(C)CCN(C)C(=O)c1ccnc(Oc2ccc3ncnc(Nc4ccn(C)n4)c3c2)c1Cl. The Kier molecular flexibility index (Phi) is 6.90. The van der Waals surface area contributed by atoms with Crippen molar-refractivity contribution in [1.82, 2.24) is 34.5 Å². The largest absolute Gasteiger partial charge is 0.437 e. The van der Waals surface area contributed by atoms with Gasteiger partial charge in [-0.2, -0.15) is 5.10 Å².